The number of rotatable bonds is 6. The fraction of sp³-hybridized carbons (Fsp3) is 0.346. The molecule has 2 aliphatic heterocycles. The van der Waals surface area contributed by atoms with Gasteiger partial charge in [-0.05, 0) is 36.1 Å². The van der Waals surface area contributed by atoms with Crippen LogP contribution in [-0.4, -0.2) is 29.6 Å². The molecule has 6 heteroatoms. The summed E-state index contributed by atoms with van der Waals surface area (Å²) < 4.78 is 13.3. The van der Waals surface area contributed by atoms with Crippen LogP contribution in [-0.2, 0) is 24.4 Å². The number of nitrogens with one attached hydrogen (secondary N) is 1. The highest BCUT2D eigenvalue weighted by atomic mass is 16.5. The number of para-hydroxylation sites is 1. The molecule has 0 spiro atoms. The third kappa shape index (κ3) is 4.35. The lowest BCUT2D eigenvalue weighted by molar-refractivity contribution is -0.779. The molecule has 0 fully saturated rings. The van der Waals surface area contributed by atoms with Gasteiger partial charge in [0.25, 0.3) is 0 Å². The topological polar surface area (TPSA) is 72.0 Å². The van der Waals surface area contributed by atoms with Crippen LogP contribution in [0.1, 0.15) is 36.0 Å². The molecule has 6 nitrogen and oxygen atoms in total. The minimum absolute atomic E-state index is 0.172. The van der Waals surface area contributed by atoms with Crippen molar-refractivity contribution in [3.05, 3.63) is 93.4 Å². The number of nitrogens with zero attached hydrogens (tertiary/aromatic N) is 1. The van der Waals surface area contributed by atoms with E-state index in [-0.39, 0.29) is 11.2 Å². The molecule has 0 bridgehead atoms. The van der Waals surface area contributed by atoms with Gasteiger partial charge in [0, 0.05) is 24.0 Å². The first kappa shape index (κ1) is 20.9. The van der Waals surface area contributed by atoms with Crippen molar-refractivity contribution in [3.63, 3.8) is 0 Å². The summed E-state index contributed by atoms with van der Waals surface area (Å²) in [7, 11) is 0. The van der Waals surface area contributed by atoms with Gasteiger partial charge in [0.15, 0.2) is 24.1 Å². The maximum atomic E-state index is 12.4. The van der Waals surface area contributed by atoms with E-state index in [0.717, 1.165) is 64.1 Å². The van der Waals surface area contributed by atoms with Crippen molar-refractivity contribution < 1.29 is 19.3 Å². The van der Waals surface area contributed by atoms with Crippen molar-refractivity contribution in [2.24, 2.45) is 0 Å². The Hall–Kier alpha value is -2.93. The van der Waals surface area contributed by atoms with Gasteiger partial charge in [-0.3, -0.25) is 0 Å². The number of benzene rings is 2. The van der Waals surface area contributed by atoms with Gasteiger partial charge >= 0.3 is 0 Å². The van der Waals surface area contributed by atoms with Crippen LogP contribution >= 0.6 is 0 Å². The largest absolute Gasteiger partial charge is 0.629 e. The second-order valence-corrected chi connectivity index (χ2v) is 8.57. The smallest absolute Gasteiger partial charge is 0.223 e. The van der Waals surface area contributed by atoms with E-state index in [0.29, 0.717) is 32.1 Å². The van der Waals surface area contributed by atoms with Gasteiger partial charge < -0.3 is 25.0 Å². The second kappa shape index (κ2) is 9.28. The number of fused-ring (bicyclic) bond motifs is 2. The molecular weight excluding hydrogens is 404 g/mol. The van der Waals surface area contributed by atoms with E-state index in [2.05, 4.69) is 6.07 Å². The molecule has 32 heavy (non-hydrogen) atoms. The molecule has 166 valence electrons. The lowest BCUT2D eigenvalue weighted by atomic mass is 9.93. The van der Waals surface area contributed by atoms with E-state index in [1.165, 1.54) is 0 Å². The lowest BCUT2D eigenvalue weighted by Gasteiger charge is -2.29. The monoisotopic (exact) mass is 432 g/mol. The van der Waals surface area contributed by atoms with E-state index in [4.69, 9.17) is 9.47 Å². The average Bonchev–Trinajstić information content (AvgIpc) is 2.82. The molecule has 2 aromatic carbocycles. The third-order valence-corrected chi connectivity index (χ3v) is 6.31. The fourth-order valence-corrected chi connectivity index (χ4v) is 4.76. The molecule has 3 aliphatic rings. The Labute approximate surface area is 188 Å². The normalized spacial score (nSPS) is 22.2. The van der Waals surface area contributed by atoms with Crippen molar-refractivity contribution >= 4 is 11.4 Å². The van der Waals surface area contributed by atoms with E-state index in [9.17, 15) is 10.4 Å². The number of hydroxylamine groups is 2. The minimum Gasteiger partial charge on any atom is -0.629 e. The van der Waals surface area contributed by atoms with Gasteiger partial charge in [-0.15, -0.1) is 0 Å². The Morgan fingerprint density at radius 1 is 1.03 bits per heavy atom. The molecular formula is C26H28N2O4. The number of hydrogen-bond acceptors (Lipinski definition) is 4. The maximum Gasteiger partial charge on any atom is 0.223 e. The Morgan fingerprint density at radius 3 is 2.78 bits per heavy atom. The molecule has 5 rings (SSSR count). The van der Waals surface area contributed by atoms with Gasteiger partial charge in [0.1, 0.15) is 6.61 Å². The zero-order valence-electron chi connectivity index (χ0n) is 18.1. The van der Waals surface area contributed by atoms with Crippen LogP contribution < -0.4 is 9.80 Å². The summed E-state index contributed by atoms with van der Waals surface area (Å²) in [5, 5.41) is 24.9. The first-order valence-corrected chi connectivity index (χ1v) is 11.4. The van der Waals surface area contributed by atoms with Crippen LogP contribution in [0, 0.1) is 10.4 Å². The van der Waals surface area contributed by atoms with E-state index >= 15 is 0 Å². The van der Waals surface area contributed by atoms with Crippen LogP contribution in [0.15, 0.2) is 66.3 Å². The predicted molar refractivity (Wildman–Crippen MR) is 123 cm³/mol. The number of ether oxygens (including phenoxy) is 2. The van der Waals surface area contributed by atoms with Gasteiger partial charge in [-0.2, -0.15) is 0 Å². The van der Waals surface area contributed by atoms with Crippen LogP contribution in [0.3, 0.4) is 0 Å². The highest BCUT2D eigenvalue weighted by molar-refractivity contribution is 6.02. The molecule has 0 amide bonds. The predicted octanol–water partition coefficient (Wildman–Crippen LogP) is 3.35. The Balaban J connectivity index is 1.24. The average molecular weight is 433 g/mol. The van der Waals surface area contributed by atoms with Gasteiger partial charge in [-0.1, -0.05) is 48.6 Å². The first-order valence-electron chi connectivity index (χ1n) is 11.4. The number of allylic oxidation sites excluding steroid dienone is 2. The summed E-state index contributed by atoms with van der Waals surface area (Å²) in [6, 6.07) is 13.9. The quantitative estimate of drug-likeness (QED) is 0.561. The highest BCUT2D eigenvalue weighted by Gasteiger charge is 2.30. The summed E-state index contributed by atoms with van der Waals surface area (Å²) >= 11 is 0. The highest BCUT2D eigenvalue weighted by Crippen LogP contribution is 2.29. The third-order valence-electron chi connectivity index (χ3n) is 6.31. The van der Waals surface area contributed by atoms with Crippen molar-refractivity contribution in [1.29, 1.82) is 0 Å². The lowest BCUT2D eigenvalue weighted by Crippen LogP contribution is -3.03. The van der Waals surface area contributed by atoms with Crippen LogP contribution in [0.2, 0.25) is 0 Å². The van der Waals surface area contributed by atoms with Crippen LogP contribution in [0.5, 0.6) is 5.75 Å². The Kier molecular flexibility index (Phi) is 6.08. The molecule has 1 aliphatic carbocycles. The Morgan fingerprint density at radius 2 is 1.88 bits per heavy atom. The fourth-order valence-electron chi connectivity index (χ4n) is 4.76. The zero-order valence-corrected chi connectivity index (χ0v) is 18.1. The summed E-state index contributed by atoms with van der Waals surface area (Å²) in [6.45, 7) is 1.91. The van der Waals surface area contributed by atoms with Gasteiger partial charge in [-0.25, -0.2) is 4.74 Å². The van der Waals surface area contributed by atoms with Gasteiger partial charge in [0.2, 0.25) is 5.71 Å². The molecule has 1 N–H and O–H groups in total. The van der Waals surface area contributed by atoms with E-state index in [1.807, 2.05) is 54.6 Å². The molecule has 0 saturated heterocycles. The van der Waals surface area contributed by atoms with Crippen LogP contribution in [0.4, 0.5) is 5.69 Å². The molecule has 0 saturated carbocycles. The summed E-state index contributed by atoms with van der Waals surface area (Å²) in [5.74, 6) is 0.671. The molecule has 0 radical (unpaired) electrons. The second-order valence-electron chi connectivity index (χ2n) is 8.57. The molecule has 2 unspecified atom stereocenters. The summed E-state index contributed by atoms with van der Waals surface area (Å²) in [6.07, 6.45) is 9.28. The summed E-state index contributed by atoms with van der Waals surface area (Å²) in [4.78, 5) is 0. The first-order chi connectivity index (χ1) is 15.7. The molecule has 2 heterocycles. The number of hydrogen-bond donors (Lipinski definition) is 1. The minimum atomic E-state index is -0.311. The van der Waals surface area contributed by atoms with E-state index in [1.54, 1.807) is 0 Å². The van der Waals surface area contributed by atoms with Crippen molar-refractivity contribution in [3.8, 4) is 5.75 Å². The molecule has 2 atom stereocenters. The number of quaternary nitrogens is 1. The maximum absolute atomic E-state index is 12.4. The van der Waals surface area contributed by atoms with Crippen molar-refractivity contribution in [2.75, 3.05) is 13.1 Å². The van der Waals surface area contributed by atoms with Crippen molar-refractivity contribution in [1.82, 2.24) is 0 Å². The summed E-state index contributed by atoms with van der Waals surface area (Å²) in [5.41, 5.74) is 5.71. The van der Waals surface area contributed by atoms with Crippen LogP contribution in [0.25, 0.3) is 0 Å². The van der Waals surface area contributed by atoms with E-state index < -0.39 is 0 Å². The standard InChI is InChI=1S/C26H28N2O4/c29-27-14-4-10-21-8-2-12-23(25(21)27)31-17-19-6-1-7-20(16-19)18-32-24-13-3-9-22-11-5-15-28(30)26(22)24/h1-3,6-9,12-13,16,23,28H,4-5,10-11,14-15,17-18H2. The molecule has 2 aromatic rings. The SMILES string of the molecule is [O-][N+]1=C2C(=CC=CC2OCc2cccc(COc3cccc4c3[NH+]([O-])CCC4)c2)CCC1. The van der Waals surface area contributed by atoms with Gasteiger partial charge in [0.05, 0.1) is 13.2 Å². The Bertz CT molecular complexity index is 1090. The molecule has 0 aromatic heterocycles. The zero-order chi connectivity index (χ0) is 21.9. The number of aryl methyl sites for hydroxylation is 1. The van der Waals surface area contributed by atoms with Crippen molar-refractivity contribution in [2.45, 2.75) is 45.0 Å².